The van der Waals surface area contributed by atoms with Gasteiger partial charge in [0.1, 0.15) is 0 Å². The Balaban J connectivity index is 1.95. The van der Waals surface area contributed by atoms with Crippen molar-refractivity contribution in [3.63, 3.8) is 0 Å². The van der Waals surface area contributed by atoms with Gasteiger partial charge in [0.25, 0.3) is 5.69 Å². The van der Waals surface area contributed by atoms with Crippen molar-refractivity contribution < 1.29 is 10.1 Å². The van der Waals surface area contributed by atoms with Crippen molar-refractivity contribution >= 4 is 5.69 Å². The zero-order valence-corrected chi connectivity index (χ0v) is 10.3. The Morgan fingerprint density at radius 2 is 1.47 bits per heavy atom. The first-order valence-electron chi connectivity index (χ1n) is 5.86. The van der Waals surface area contributed by atoms with Gasteiger partial charge in [0.2, 0.25) is 0 Å². The second-order valence-corrected chi connectivity index (χ2v) is 4.23. The molecule has 1 N–H and O–H groups in total. The Bertz CT molecular complexity index is 540. The lowest BCUT2D eigenvalue weighted by atomic mass is 10.2. The van der Waals surface area contributed by atoms with Crippen LogP contribution in [0.2, 0.25) is 0 Å². The minimum atomic E-state index is -0.440. The summed E-state index contributed by atoms with van der Waals surface area (Å²) in [6, 6.07) is 15.8. The molecule has 0 unspecified atom stereocenters. The third-order valence-electron chi connectivity index (χ3n) is 2.72. The Morgan fingerprint density at radius 1 is 0.947 bits per heavy atom. The summed E-state index contributed by atoms with van der Waals surface area (Å²) in [7, 11) is 0. The number of benzene rings is 2. The van der Waals surface area contributed by atoms with E-state index < -0.39 is 4.92 Å². The van der Waals surface area contributed by atoms with E-state index in [1.165, 1.54) is 17.2 Å². The molecule has 0 aliphatic heterocycles. The molecular formula is C14H14N2O3. The van der Waals surface area contributed by atoms with E-state index in [2.05, 4.69) is 0 Å². The van der Waals surface area contributed by atoms with Gasteiger partial charge in [-0.15, -0.1) is 0 Å². The summed E-state index contributed by atoms with van der Waals surface area (Å²) < 4.78 is 0. The number of hydrogen-bond acceptors (Lipinski definition) is 4. The average molecular weight is 258 g/mol. The quantitative estimate of drug-likeness (QED) is 0.661. The molecule has 2 aromatic carbocycles. The highest BCUT2D eigenvalue weighted by Gasteiger charge is 2.07. The summed E-state index contributed by atoms with van der Waals surface area (Å²) in [5.74, 6) is 0. The molecule has 5 heteroatoms. The fourth-order valence-corrected chi connectivity index (χ4v) is 1.78. The first kappa shape index (κ1) is 13.2. The molecule has 0 amide bonds. The topological polar surface area (TPSA) is 66.6 Å². The van der Waals surface area contributed by atoms with Gasteiger partial charge in [-0.1, -0.05) is 42.5 Å². The highest BCUT2D eigenvalue weighted by atomic mass is 16.6. The third-order valence-corrected chi connectivity index (χ3v) is 2.72. The molecule has 0 radical (unpaired) electrons. The van der Waals surface area contributed by atoms with Crippen LogP contribution in [0.4, 0.5) is 5.69 Å². The van der Waals surface area contributed by atoms with Crippen LogP contribution in [0.25, 0.3) is 0 Å². The number of non-ortho nitro benzene ring substituents is 1. The standard InChI is InChI=1S/C14H14N2O3/c17-15(10-12-4-2-1-3-5-12)11-13-6-8-14(9-7-13)16(18)19/h1-9,17H,10-11H2. The van der Waals surface area contributed by atoms with Crippen LogP contribution in [0.1, 0.15) is 11.1 Å². The summed E-state index contributed by atoms with van der Waals surface area (Å²) in [6.07, 6.45) is 0. The Labute approximate surface area is 110 Å². The lowest BCUT2D eigenvalue weighted by Gasteiger charge is -2.14. The second kappa shape index (κ2) is 6.08. The largest absolute Gasteiger partial charge is 0.313 e. The third kappa shape index (κ3) is 3.87. The van der Waals surface area contributed by atoms with Crippen LogP contribution in [0, 0.1) is 10.1 Å². The number of nitro groups is 1. The molecule has 2 aromatic rings. The van der Waals surface area contributed by atoms with Crippen molar-refractivity contribution in [1.82, 2.24) is 5.06 Å². The zero-order valence-electron chi connectivity index (χ0n) is 10.3. The van der Waals surface area contributed by atoms with Gasteiger partial charge in [-0.05, 0) is 11.1 Å². The molecule has 0 fully saturated rings. The molecule has 98 valence electrons. The van der Waals surface area contributed by atoms with E-state index in [1.807, 2.05) is 30.3 Å². The van der Waals surface area contributed by atoms with Gasteiger partial charge in [0, 0.05) is 25.2 Å². The fourth-order valence-electron chi connectivity index (χ4n) is 1.78. The van der Waals surface area contributed by atoms with Gasteiger partial charge >= 0.3 is 0 Å². The van der Waals surface area contributed by atoms with Gasteiger partial charge in [-0.3, -0.25) is 10.1 Å². The van der Waals surface area contributed by atoms with E-state index in [4.69, 9.17) is 0 Å². The van der Waals surface area contributed by atoms with Crippen molar-refractivity contribution in [2.24, 2.45) is 0 Å². The van der Waals surface area contributed by atoms with Gasteiger partial charge in [0.05, 0.1) is 4.92 Å². The van der Waals surface area contributed by atoms with Crippen molar-refractivity contribution in [2.75, 3.05) is 0 Å². The first-order chi connectivity index (χ1) is 9.15. The summed E-state index contributed by atoms with van der Waals surface area (Å²) in [6.45, 7) is 0.741. The van der Waals surface area contributed by atoms with E-state index in [0.717, 1.165) is 11.1 Å². The summed E-state index contributed by atoms with van der Waals surface area (Å²) >= 11 is 0. The number of nitrogens with zero attached hydrogens (tertiary/aromatic N) is 2. The van der Waals surface area contributed by atoms with Crippen molar-refractivity contribution in [2.45, 2.75) is 13.1 Å². The SMILES string of the molecule is O=[N+]([O-])c1ccc(CN(O)Cc2ccccc2)cc1. The second-order valence-electron chi connectivity index (χ2n) is 4.23. The van der Waals surface area contributed by atoms with Gasteiger partial charge in [-0.2, -0.15) is 5.06 Å². The van der Waals surface area contributed by atoms with Crippen LogP contribution in [0.3, 0.4) is 0 Å². The predicted molar refractivity (Wildman–Crippen MR) is 70.6 cm³/mol. The van der Waals surface area contributed by atoms with Crippen LogP contribution >= 0.6 is 0 Å². The molecule has 0 saturated carbocycles. The number of hydrogen-bond donors (Lipinski definition) is 1. The lowest BCUT2D eigenvalue weighted by Crippen LogP contribution is -2.17. The molecule has 0 saturated heterocycles. The van der Waals surface area contributed by atoms with E-state index >= 15 is 0 Å². The predicted octanol–water partition coefficient (Wildman–Crippen LogP) is 2.99. The van der Waals surface area contributed by atoms with Crippen LogP contribution in [0.5, 0.6) is 0 Å². The Hall–Kier alpha value is -2.24. The molecule has 0 aromatic heterocycles. The fraction of sp³-hybridized carbons (Fsp3) is 0.143. The molecular weight excluding hydrogens is 244 g/mol. The minimum Gasteiger partial charge on any atom is -0.313 e. The van der Waals surface area contributed by atoms with Crippen molar-refractivity contribution in [3.05, 3.63) is 75.8 Å². The van der Waals surface area contributed by atoms with Crippen LogP contribution in [-0.2, 0) is 13.1 Å². The normalized spacial score (nSPS) is 10.6. The van der Waals surface area contributed by atoms with Crippen LogP contribution in [-0.4, -0.2) is 15.2 Å². The zero-order chi connectivity index (χ0) is 13.7. The smallest absolute Gasteiger partial charge is 0.269 e. The Morgan fingerprint density at radius 3 is 2.00 bits per heavy atom. The molecule has 2 rings (SSSR count). The molecule has 5 nitrogen and oxygen atoms in total. The molecule has 0 atom stereocenters. The first-order valence-corrected chi connectivity index (χ1v) is 5.86. The summed E-state index contributed by atoms with van der Waals surface area (Å²) in [5, 5.41) is 21.5. The van der Waals surface area contributed by atoms with E-state index in [0.29, 0.717) is 13.1 Å². The van der Waals surface area contributed by atoms with Gasteiger partial charge in [0.15, 0.2) is 0 Å². The molecule has 0 heterocycles. The highest BCUT2D eigenvalue weighted by molar-refractivity contribution is 5.32. The van der Waals surface area contributed by atoms with Crippen LogP contribution < -0.4 is 0 Å². The number of nitro benzene ring substituents is 1. The van der Waals surface area contributed by atoms with Gasteiger partial charge < -0.3 is 5.21 Å². The molecule has 0 bridgehead atoms. The lowest BCUT2D eigenvalue weighted by molar-refractivity contribution is -0.384. The van der Waals surface area contributed by atoms with Gasteiger partial charge in [-0.25, -0.2) is 0 Å². The molecule has 19 heavy (non-hydrogen) atoms. The number of hydroxylamine groups is 2. The van der Waals surface area contributed by atoms with Crippen molar-refractivity contribution in [3.8, 4) is 0 Å². The highest BCUT2D eigenvalue weighted by Crippen LogP contribution is 2.13. The minimum absolute atomic E-state index is 0.0521. The van der Waals surface area contributed by atoms with E-state index in [-0.39, 0.29) is 5.69 Å². The number of rotatable bonds is 5. The van der Waals surface area contributed by atoms with E-state index in [1.54, 1.807) is 12.1 Å². The molecule has 0 aliphatic carbocycles. The maximum atomic E-state index is 10.5. The monoisotopic (exact) mass is 258 g/mol. The summed E-state index contributed by atoms with van der Waals surface area (Å²) in [5.41, 5.74) is 1.88. The van der Waals surface area contributed by atoms with Crippen molar-refractivity contribution in [1.29, 1.82) is 0 Å². The molecule has 0 aliphatic rings. The van der Waals surface area contributed by atoms with Crippen LogP contribution in [0.15, 0.2) is 54.6 Å². The molecule has 0 spiro atoms. The summed E-state index contributed by atoms with van der Waals surface area (Å²) in [4.78, 5) is 10.1. The Kier molecular flexibility index (Phi) is 4.22. The maximum absolute atomic E-state index is 10.5. The average Bonchev–Trinajstić information content (AvgIpc) is 2.40. The van der Waals surface area contributed by atoms with E-state index in [9.17, 15) is 15.3 Å². The maximum Gasteiger partial charge on any atom is 0.269 e.